The summed E-state index contributed by atoms with van der Waals surface area (Å²) in [5.41, 5.74) is -6.85. The van der Waals surface area contributed by atoms with Crippen molar-refractivity contribution in [1.82, 2.24) is 0 Å². The molecule has 0 aromatic heterocycles. The van der Waals surface area contributed by atoms with Crippen LogP contribution < -0.4 is 15.4 Å². The molecule has 0 heterocycles. The fraction of sp³-hybridized carbons (Fsp3) is 0.364. The summed E-state index contributed by atoms with van der Waals surface area (Å²) < 4.78 is 104. The highest BCUT2D eigenvalue weighted by Crippen LogP contribution is 2.50. The lowest BCUT2D eigenvalue weighted by Crippen LogP contribution is -2.42. The van der Waals surface area contributed by atoms with Gasteiger partial charge in [0.05, 0.1) is 42.1 Å². The minimum Gasteiger partial charge on any atom is -0.494 e. The number of amides is 2. The summed E-state index contributed by atoms with van der Waals surface area (Å²) in [7, 11) is 2.34. The Hall–Kier alpha value is -3.06. The SMILES string of the molecule is COCc1cc(C(F)(CC(F)(F)F)C(F)(F)F)cc(Cl)c1NC(=O)c1cccc(NC(C)=O)c1OC. The zero-order chi connectivity index (χ0) is 27.5. The van der Waals surface area contributed by atoms with Crippen molar-refractivity contribution in [2.75, 3.05) is 24.9 Å². The predicted octanol–water partition coefficient (Wildman–Crippen LogP) is 6.39. The van der Waals surface area contributed by atoms with Gasteiger partial charge in [-0.3, -0.25) is 9.59 Å². The van der Waals surface area contributed by atoms with Crippen LogP contribution in [0.3, 0.4) is 0 Å². The number of hydrogen-bond acceptors (Lipinski definition) is 4. The van der Waals surface area contributed by atoms with E-state index in [-0.39, 0.29) is 28.3 Å². The second-order valence-corrected chi connectivity index (χ2v) is 7.94. The first kappa shape index (κ1) is 29.2. The first-order valence-electron chi connectivity index (χ1n) is 9.94. The molecule has 1 unspecified atom stereocenters. The topological polar surface area (TPSA) is 76.7 Å². The van der Waals surface area contributed by atoms with Crippen molar-refractivity contribution in [2.24, 2.45) is 0 Å². The Morgan fingerprint density at radius 2 is 1.64 bits per heavy atom. The molecule has 36 heavy (non-hydrogen) atoms. The lowest BCUT2D eigenvalue weighted by molar-refractivity contribution is -0.273. The molecule has 1 atom stereocenters. The number of hydrogen-bond donors (Lipinski definition) is 2. The highest BCUT2D eigenvalue weighted by molar-refractivity contribution is 6.34. The van der Waals surface area contributed by atoms with Crippen LogP contribution in [-0.4, -0.2) is 38.4 Å². The van der Waals surface area contributed by atoms with Gasteiger partial charge in [0, 0.05) is 25.2 Å². The highest BCUT2D eigenvalue weighted by Gasteiger charge is 2.62. The molecule has 198 valence electrons. The number of methoxy groups -OCH3 is 2. The van der Waals surface area contributed by atoms with Crippen LogP contribution >= 0.6 is 11.6 Å². The standard InChI is InChI=1S/C22H20ClF7N2O4/c1-11(33)31-16-6-4-5-14(18(16)36-3)19(34)32-17-12(9-35-2)7-13(8-15(17)23)20(24,22(28,29)30)10-21(25,26)27/h4-8H,9-10H2,1-3H3,(H,31,33)(H,32,34). The molecule has 0 aliphatic heterocycles. The van der Waals surface area contributed by atoms with E-state index in [1.807, 2.05) is 0 Å². The van der Waals surface area contributed by atoms with Crippen LogP contribution in [0.2, 0.25) is 5.02 Å². The molecule has 2 amide bonds. The maximum absolute atomic E-state index is 15.0. The number of ether oxygens (including phenoxy) is 2. The van der Waals surface area contributed by atoms with Crippen molar-refractivity contribution in [3.05, 3.63) is 52.0 Å². The van der Waals surface area contributed by atoms with Crippen molar-refractivity contribution >= 4 is 34.8 Å². The van der Waals surface area contributed by atoms with Gasteiger partial charge >= 0.3 is 12.4 Å². The van der Waals surface area contributed by atoms with Crippen LogP contribution in [0.25, 0.3) is 0 Å². The summed E-state index contributed by atoms with van der Waals surface area (Å²) in [5.74, 6) is -1.43. The zero-order valence-corrected chi connectivity index (χ0v) is 19.7. The van der Waals surface area contributed by atoms with Crippen LogP contribution in [0.1, 0.15) is 34.8 Å². The number of anilines is 2. The quantitative estimate of drug-likeness (QED) is 0.378. The van der Waals surface area contributed by atoms with E-state index in [4.69, 9.17) is 21.1 Å². The Bertz CT molecular complexity index is 1140. The molecule has 2 N–H and O–H groups in total. The zero-order valence-electron chi connectivity index (χ0n) is 19.0. The molecule has 2 rings (SSSR count). The molecule has 6 nitrogen and oxygen atoms in total. The van der Waals surface area contributed by atoms with Crippen molar-refractivity contribution in [3.8, 4) is 5.75 Å². The number of carbonyl (C=O) groups excluding carboxylic acids is 2. The Labute approximate surface area is 205 Å². The second kappa shape index (κ2) is 10.9. The van der Waals surface area contributed by atoms with E-state index in [0.717, 1.165) is 7.11 Å². The predicted molar refractivity (Wildman–Crippen MR) is 117 cm³/mol. The number of halogens is 8. The molecule has 0 fully saturated rings. The summed E-state index contributed by atoms with van der Waals surface area (Å²) in [6.07, 6.45) is -14.3. The van der Waals surface area contributed by atoms with Gasteiger partial charge in [0.15, 0.2) is 5.75 Å². The number of para-hydroxylation sites is 1. The van der Waals surface area contributed by atoms with E-state index < -0.39 is 53.4 Å². The molecule has 2 aromatic rings. The van der Waals surface area contributed by atoms with Crippen LogP contribution in [0.4, 0.5) is 42.1 Å². The van der Waals surface area contributed by atoms with E-state index in [1.54, 1.807) is 0 Å². The van der Waals surface area contributed by atoms with Crippen molar-refractivity contribution in [2.45, 2.75) is 38.0 Å². The van der Waals surface area contributed by atoms with E-state index in [9.17, 15) is 40.3 Å². The number of rotatable bonds is 8. The maximum Gasteiger partial charge on any atom is 0.427 e. The average Bonchev–Trinajstić information content (AvgIpc) is 2.73. The van der Waals surface area contributed by atoms with Crippen molar-refractivity contribution in [1.29, 1.82) is 0 Å². The molecule has 14 heteroatoms. The fourth-order valence-electron chi connectivity index (χ4n) is 3.35. The Morgan fingerprint density at radius 3 is 2.14 bits per heavy atom. The largest absolute Gasteiger partial charge is 0.494 e. The third-order valence-corrected chi connectivity index (χ3v) is 5.13. The molecule has 0 aliphatic carbocycles. The van der Waals surface area contributed by atoms with Gasteiger partial charge in [-0.15, -0.1) is 0 Å². The van der Waals surface area contributed by atoms with E-state index in [2.05, 4.69) is 10.6 Å². The molecular formula is C22H20ClF7N2O4. The summed E-state index contributed by atoms with van der Waals surface area (Å²) >= 11 is 6.03. The Balaban J connectivity index is 2.59. The lowest BCUT2D eigenvalue weighted by atomic mass is 9.89. The minimum atomic E-state index is -5.93. The number of nitrogens with one attached hydrogen (secondary N) is 2. The molecule has 0 radical (unpaired) electrons. The number of benzene rings is 2. The molecule has 0 saturated carbocycles. The third-order valence-electron chi connectivity index (χ3n) is 4.84. The maximum atomic E-state index is 15.0. The second-order valence-electron chi connectivity index (χ2n) is 7.54. The molecule has 0 spiro atoms. The Kier molecular flexibility index (Phi) is 8.84. The van der Waals surface area contributed by atoms with Gasteiger partial charge < -0.3 is 20.1 Å². The van der Waals surface area contributed by atoms with Crippen LogP contribution in [0, 0.1) is 0 Å². The van der Waals surface area contributed by atoms with Crippen LogP contribution in [-0.2, 0) is 21.8 Å². The van der Waals surface area contributed by atoms with E-state index in [0.29, 0.717) is 12.1 Å². The smallest absolute Gasteiger partial charge is 0.427 e. The van der Waals surface area contributed by atoms with Crippen molar-refractivity contribution in [3.63, 3.8) is 0 Å². The average molecular weight is 545 g/mol. The molecule has 2 aromatic carbocycles. The normalized spacial score (nSPS) is 13.6. The highest BCUT2D eigenvalue weighted by atomic mass is 35.5. The van der Waals surface area contributed by atoms with E-state index >= 15 is 0 Å². The molecule has 0 aliphatic rings. The first-order chi connectivity index (χ1) is 16.5. The number of alkyl halides is 7. The number of carbonyl (C=O) groups is 2. The monoisotopic (exact) mass is 544 g/mol. The van der Waals surface area contributed by atoms with Gasteiger partial charge in [0.2, 0.25) is 11.6 Å². The van der Waals surface area contributed by atoms with Gasteiger partial charge in [0.1, 0.15) is 0 Å². The van der Waals surface area contributed by atoms with E-state index in [1.165, 1.54) is 32.2 Å². The third kappa shape index (κ3) is 6.58. The van der Waals surface area contributed by atoms with Gasteiger partial charge in [0.25, 0.3) is 5.91 Å². The fourth-order valence-corrected chi connectivity index (χ4v) is 3.63. The Morgan fingerprint density at radius 1 is 1.00 bits per heavy atom. The van der Waals surface area contributed by atoms with Crippen LogP contribution in [0.15, 0.2) is 30.3 Å². The summed E-state index contributed by atoms with van der Waals surface area (Å²) in [6, 6.07) is 5.00. The first-order valence-corrected chi connectivity index (χ1v) is 10.3. The summed E-state index contributed by atoms with van der Waals surface area (Å²) in [5, 5.41) is 4.12. The summed E-state index contributed by atoms with van der Waals surface area (Å²) in [4.78, 5) is 24.4. The molecular weight excluding hydrogens is 525 g/mol. The molecule has 0 bridgehead atoms. The lowest BCUT2D eigenvalue weighted by Gasteiger charge is -2.30. The van der Waals surface area contributed by atoms with Crippen LogP contribution in [0.5, 0.6) is 5.75 Å². The van der Waals surface area contributed by atoms with Gasteiger partial charge in [-0.1, -0.05) is 17.7 Å². The van der Waals surface area contributed by atoms with Crippen molar-refractivity contribution < 1.29 is 49.8 Å². The molecule has 0 saturated heterocycles. The minimum absolute atomic E-state index is 0.0590. The van der Waals surface area contributed by atoms with Gasteiger partial charge in [-0.2, -0.15) is 26.3 Å². The van der Waals surface area contributed by atoms with Gasteiger partial charge in [-0.25, -0.2) is 4.39 Å². The van der Waals surface area contributed by atoms with Gasteiger partial charge in [-0.05, 0) is 24.3 Å². The summed E-state index contributed by atoms with van der Waals surface area (Å²) in [6.45, 7) is 0.682.